The number of ether oxygens (including phenoxy) is 1. The molecule has 1 aromatic rings. The number of esters is 1. The molecule has 0 aliphatic carbocycles. The number of rotatable bonds is 5. The van der Waals surface area contributed by atoms with Gasteiger partial charge in [0.25, 0.3) is 5.56 Å². The molecule has 0 spiro atoms. The van der Waals surface area contributed by atoms with Crippen LogP contribution < -0.4 is 10.9 Å². The minimum absolute atomic E-state index is 0.0241. The molecule has 0 fully saturated rings. The highest BCUT2D eigenvalue weighted by Gasteiger charge is 2.23. The molecule has 0 aliphatic heterocycles. The minimum atomic E-state index is -0.528. The number of hydrogen-bond acceptors (Lipinski definition) is 5. The first-order valence-electron chi connectivity index (χ1n) is 6.30. The Bertz CT molecular complexity index is 494. The maximum absolute atomic E-state index is 11.7. The van der Waals surface area contributed by atoms with Gasteiger partial charge in [-0.15, -0.1) is 0 Å². The van der Waals surface area contributed by atoms with Crippen molar-refractivity contribution in [3.8, 4) is 0 Å². The summed E-state index contributed by atoms with van der Waals surface area (Å²) in [5, 5.41) is 2.96. The van der Waals surface area contributed by atoms with Crippen LogP contribution in [-0.2, 0) is 9.53 Å². The van der Waals surface area contributed by atoms with Crippen LogP contribution in [0.3, 0.4) is 0 Å². The molecule has 106 valence electrons. The van der Waals surface area contributed by atoms with Crippen molar-refractivity contribution >= 4 is 11.8 Å². The molecule has 0 radical (unpaired) electrons. The second-order valence-electron chi connectivity index (χ2n) is 5.06. The molecule has 1 atom stereocenters. The molecule has 6 heteroatoms. The summed E-state index contributed by atoms with van der Waals surface area (Å²) in [6, 6.07) is 0.809. The SMILES string of the molecule is COC(=O)C(Nc1cc(=O)[nH]c(C(C)C)n1)C(C)C. The Morgan fingerprint density at radius 2 is 2.00 bits per heavy atom. The highest BCUT2D eigenvalue weighted by molar-refractivity contribution is 5.79. The topological polar surface area (TPSA) is 84.1 Å². The molecular formula is C13H21N3O3. The molecule has 0 saturated heterocycles. The quantitative estimate of drug-likeness (QED) is 0.790. The predicted molar refractivity (Wildman–Crippen MR) is 73.2 cm³/mol. The summed E-state index contributed by atoms with van der Waals surface area (Å²) in [5.74, 6) is 0.725. The highest BCUT2D eigenvalue weighted by Crippen LogP contribution is 2.13. The Morgan fingerprint density at radius 1 is 1.37 bits per heavy atom. The zero-order valence-electron chi connectivity index (χ0n) is 12.0. The first-order chi connectivity index (χ1) is 8.85. The number of hydrogen-bond donors (Lipinski definition) is 2. The van der Waals surface area contributed by atoms with E-state index >= 15 is 0 Å². The van der Waals surface area contributed by atoms with Crippen molar-refractivity contribution in [3.63, 3.8) is 0 Å². The molecule has 1 unspecified atom stereocenters. The van der Waals surface area contributed by atoms with E-state index in [4.69, 9.17) is 4.74 Å². The predicted octanol–water partition coefficient (Wildman–Crippen LogP) is 1.50. The summed E-state index contributed by atoms with van der Waals surface area (Å²) in [6.45, 7) is 7.65. The fourth-order valence-electron chi connectivity index (χ4n) is 1.61. The zero-order chi connectivity index (χ0) is 14.6. The van der Waals surface area contributed by atoms with E-state index in [-0.39, 0.29) is 23.4 Å². The smallest absolute Gasteiger partial charge is 0.328 e. The first kappa shape index (κ1) is 15.2. The van der Waals surface area contributed by atoms with E-state index in [1.165, 1.54) is 13.2 Å². The first-order valence-corrected chi connectivity index (χ1v) is 6.30. The summed E-state index contributed by atoms with van der Waals surface area (Å²) in [7, 11) is 1.34. The van der Waals surface area contributed by atoms with E-state index < -0.39 is 6.04 Å². The van der Waals surface area contributed by atoms with E-state index in [0.29, 0.717) is 11.6 Å². The van der Waals surface area contributed by atoms with Gasteiger partial charge in [-0.1, -0.05) is 27.7 Å². The van der Waals surface area contributed by atoms with Crippen LogP contribution in [0.15, 0.2) is 10.9 Å². The average Bonchev–Trinajstić information content (AvgIpc) is 2.34. The van der Waals surface area contributed by atoms with Gasteiger partial charge in [-0.05, 0) is 5.92 Å². The van der Waals surface area contributed by atoms with Gasteiger partial charge in [0.2, 0.25) is 0 Å². The number of aromatic nitrogens is 2. The summed E-state index contributed by atoms with van der Waals surface area (Å²) in [5.41, 5.74) is -0.242. The lowest BCUT2D eigenvalue weighted by Gasteiger charge is -2.20. The summed E-state index contributed by atoms with van der Waals surface area (Å²) in [4.78, 5) is 30.2. The third-order valence-corrected chi connectivity index (χ3v) is 2.73. The molecular weight excluding hydrogens is 246 g/mol. The Kier molecular flexibility index (Phi) is 5.09. The lowest BCUT2D eigenvalue weighted by atomic mass is 10.0. The highest BCUT2D eigenvalue weighted by atomic mass is 16.5. The number of nitrogens with one attached hydrogen (secondary N) is 2. The maximum Gasteiger partial charge on any atom is 0.328 e. The van der Waals surface area contributed by atoms with Crippen LogP contribution in [0, 0.1) is 5.92 Å². The van der Waals surface area contributed by atoms with Gasteiger partial charge in [0, 0.05) is 12.0 Å². The minimum Gasteiger partial charge on any atom is -0.467 e. The number of H-pyrrole nitrogens is 1. The van der Waals surface area contributed by atoms with Crippen molar-refractivity contribution in [2.24, 2.45) is 5.92 Å². The lowest BCUT2D eigenvalue weighted by molar-refractivity contribution is -0.142. The molecule has 1 heterocycles. The normalized spacial score (nSPS) is 12.6. The number of aromatic amines is 1. The van der Waals surface area contributed by atoms with Crippen molar-refractivity contribution in [1.29, 1.82) is 0 Å². The second-order valence-corrected chi connectivity index (χ2v) is 5.06. The fraction of sp³-hybridized carbons (Fsp3) is 0.615. The van der Waals surface area contributed by atoms with E-state index in [2.05, 4.69) is 15.3 Å². The van der Waals surface area contributed by atoms with Crippen LogP contribution in [0.4, 0.5) is 5.82 Å². The van der Waals surface area contributed by atoms with Gasteiger partial charge in [-0.3, -0.25) is 4.79 Å². The molecule has 19 heavy (non-hydrogen) atoms. The lowest BCUT2D eigenvalue weighted by Crippen LogP contribution is -2.36. The second kappa shape index (κ2) is 6.36. The number of carbonyl (C=O) groups excluding carboxylic acids is 1. The third kappa shape index (κ3) is 4.08. The van der Waals surface area contributed by atoms with Crippen LogP contribution in [-0.4, -0.2) is 29.1 Å². The Labute approximate surface area is 112 Å². The van der Waals surface area contributed by atoms with Crippen molar-refractivity contribution < 1.29 is 9.53 Å². The third-order valence-electron chi connectivity index (χ3n) is 2.73. The van der Waals surface area contributed by atoms with Crippen LogP contribution in [0.2, 0.25) is 0 Å². The molecule has 0 aliphatic rings. The molecule has 0 amide bonds. The maximum atomic E-state index is 11.7. The van der Waals surface area contributed by atoms with Gasteiger partial charge >= 0.3 is 5.97 Å². The van der Waals surface area contributed by atoms with Crippen molar-refractivity contribution in [3.05, 3.63) is 22.2 Å². The van der Waals surface area contributed by atoms with Gasteiger partial charge in [0.1, 0.15) is 17.7 Å². The number of methoxy groups -OCH3 is 1. The Balaban J connectivity index is 3.03. The van der Waals surface area contributed by atoms with Gasteiger partial charge in [-0.25, -0.2) is 9.78 Å². The number of carbonyl (C=O) groups is 1. The van der Waals surface area contributed by atoms with Crippen molar-refractivity contribution in [2.45, 2.75) is 39.7 Å². The molecule has 1 rings (SSSR count). The fourth-order valence-corrected chi connectivity index (χ4v) is 1.61. The van der Waals surface area contributed by atoms with Gasteiger partial charge < -0.3 is 15.0 Å². The number of anilines is 1. The molecule has 2 N–H and O–H groups in total. The van der Waals surface area contributed by atoms with Gasteiger partial charge in [0.15, 0.2) is 0 Å². The molecule has 0 aromatic carbocycles. The largest absolute Gasteiger partial charge is 0.467 e. The van der Waals surface area contributed by atoms with Crippen LogP contribution >= 0.6 is 0 Å². The van der Waals surface area contributed by atoms with Crippen LogP contribution in [0.25, 0.3) is 0 Å². The average molecular weight is 267 g/mol. The molecule has 0 bridgehead atoms. The van der Waals surface area contributed by atoms with Crippen LogP contribution in [0.1, 0.15) is 39.4 Å². The van der Waals surface area contributed by atoms with Gasteiger partial charge in [0.05, 0.1) is 7.11 Å². The van der Waals surface area contributed by atoms with Crippen molar-refractivity contribution in [1.82, 2.24) is 9.97 Å². The van der Waals surface area contributed by atoms with E-state index in [1.807, 2.05) is 27.7 Å². The van der Waals surface area contributed by atoms with Crippen molar-refractivity contribution in [2.75, 3.05) is 12.4 Å². The molecule has 6 nitrogen and oxygen atoms in total. The zero-order valence-corrected chi connectivity index (χ0v) is 12.0. The molecule has 1 aromatic heterocycles. The summed E-state index contributed by atoms with van der Waals surface area (Å²) in [6.07, 6.45) is 0. The number of nitrogens with zero attached hydrogens (tertiary/aromatic N) is 1. The summed E-state index contributed by atoms with van der Waals surface area (Å²) >= 11 is 0. The van der Waals surface area contributed by atoms with Crippen LogP contribution in [0.5, 0.6) is 0 Å². The standard InChI is InChI=1S/C13H21N3O3/c1-7(2)11(13(18)19-5)14-9-6-10(17)16-12(15-9)8(3)4/h6-8,11H,1-5H3,(H2,14,15,16,17). The molecule has 0 saturated carbocycles. The summed E-state index contributed by atoms with van der Waals surface area (Å²) < 4.78 is 4.74. The Hall–Kier alpha value is -1.85. The van der Waals surface area contributed by atoms with E-state index in [1.54, 1.807) is 0 Å². The van der Waals surface area contributed by atoms with Gasteiger partial charge in [-0.2, -0.15) is 0 Å². The van der Waals surface area contributed by atoms with E-state index in [0.717, 1.165) is 0 Å². The monoisotopic (exact) mass is 267 g/mol. The Morgan fingerprint density at radius 3 is 2.47 bits per heavy atom. The van der Waals surface area contributed by atoms with E-state index in [9.17, 15) is 9.59 Å².